The molecule has 0 aliphatic carbocycles. The van der Waals surface area contributed by atoms with Gasteiger partial charge in [0.1, 0.15) is 0 Å². The molecule has 23 heavy (non-hydrogen) atoms. The zero-order valence-electron chi connectivity index (χ0n) is 12.4. The van der Waals surface area contributed by atoms with Crippen LogP contribution in [0.15, 0.2) is 18.2 Å². The third-order valence-electron chi connectivity index (χ3n) is 4.06. The van der Waals surface area contributed by atoms with Crippen molar-refractivity contribution in [3.05, 3.63) is 33.8 Å². The number of nitrogens with one attached hydrogen (secondary N) is 1. The predicted molar refractivity (Wildman–Crippen MR) is 93.2 cm³/mol. The summed E-state index contributed by atoms with van der Waals surface area (Å²) in [6.07, 6.45) is 0. The number of piperazine rings is 1. The van der Waals surface area contributed by atoms with Crippen molar-refractivity contribution in [2.75, 3.05) is 37.8 Å². The minimum atomic E-state index is -0.0858. The molecule has 1 aromatic rings. The number of carbonyl (C=O) groups excluding carboxylic acids is 2. The Hall–Kier alpha value is -0.950. The molecule has 0 saturated carbocycles. The summed E-state index contributed by atoms with van der Waals surface area (Å²) < 4.78 is 0. The number of halogens is 2. The van der Waals surface area contributed by atoms with Crippen molar-refractivity contribution in [2.24, 2.45) is 0 Å². The first-order chi connectivity index (χ1) is 11.1. The van der Waals surface area contributed by atoms with Gasteiger partial charge in [-0.3, -0.25) is 14.9 Å². The maximum absolute atomic E-state index is 12.5. The molecular weight excluding hydrogens is 357 g/mol. The van der Waals surface area contributed by atoms with Crippen molar-refractivity contribution in [1.29, 1.82) is 0 Å². The van der Waals surface area contributed by atoms with Gasteiger partial charge in [0.05, 0.1) is 16.1 Å². The highest BCUT2D eigenvalue weighted by Crippen LogP contribution is 2.23. The topological polar surface area (TPSA) is 52.7 Å². The van der Waals surface area contributed by atoms with E-state index in [9.17, 15) is 9.59 Å². The number of amides is 2. The van der Waals surface area contributed by atoms with Crippen LogP contribution in [0.2, 0.25) is 10.0 Å². The summed E-state index contributed by atoms with van der Waals surface area (Å²) >= 11 is 13.6. The average molecular weight is 374 g/mol. The molecule has 2 aliphatic rings. The van der Waals surface area contributed by atoms with E-state index in [1.54, 1.807) is 34.9 Å². The standard InChI is InChI=1S/C15H17Cl2N3O2S/c16-11-2-1-10(7-12(11)17)14(21)19-3-5-20(6-4-19)15(22)13-8-23-9-18-13/h1-2,7,13,18H,3-6,8-9H2. The average Bonchev–Trinajstić information content (AvgIpc) is 3.11. The van der Waals surface area contributed by atoms with Gasteiger partial charge in [0, 0.05) is 43.4 Å². The lowest BCUT2D eigenvalue weighted by atomic mass is 10.1. The summed E-state index contributed by atoms with van der Waals surface area (Å²) in [5, 5.41) is 3.99. The Kier molecular flexibility index (Phi) is 5.36. The van der Waals surface area contributed by atoms with Crippen LogP contribution in [0.3, 0.4) is 0 Å². The van der Waals surface area contributed by atoms with Crippen molar-refractivity contribution in [1.82, 2.24) is 15.1 Å². The Morgan fingerprint density at radius 2 is 1.78 bits per heavy atom. The number of nitrogens with zero attached hydrogens (tertiary/aromatic N) is 2. The van der Waals surface area contributed by atoms with E-state index in [1.807, 2.05) is 4.90 Å². The van der Waals surface area contributed by atoms with Gasteiger partial charge >= 0.3 is 0 Å². The molecule has 0 radical (unpaired) electrons. The Labute approximate surface area is 149 Å². The van der Waals surface area contributed by atoms with Crippen molar-refractivity contribution < 1.29 is 9.59 Å². The Morgan fingerprint density at radius 1 is 1.09 bits per heavy atom. The quantitative estimate of drug-likeness (QED) is 0.860. The van der Waals surface area contributed by atoms with E-state index in [0.29, 0.717) is 41.8 Å². The van der Waals surface area contributed by atoms with Crippen LogP contribution in [-0.4, -0.2) is 65.5 Å². The maximum Gasteiger partial charge on any atom is 0.254 e. The molecule has 2 heterocycles. The van der Waals surface area contributed by atoms with Crippen LogP contribution in [0, 0.1) is 0 Å². The second-order valence-corrected chi connectivity index (χ2v) is 7.36. The van der Waals surface area contributed by atoms with Crippen molar-refractivity contribution in [3.8, 4) is 0 Å². The van der Waals surface area contributed by atoms with E-state index >= 15 is 0 Å². The molecule has 3 rings (SSSR count). The molecule has 2 saturated heterocycles. The summed E-state index contributed by atoms with van der Waals surface area (Å²) in [4.78, 5) is 28.4. The molecule has 2 aliphatic heterocycles. The highest BCUT2D eigenvalue weighted by Gasteiger charge is 2.30. The molecule has 2 fully saturated rings. The Bertz CT molecular complexity index is 615. The van der Waals surface area contributed by atoms with Gasteiger partial charge in [-0.05, 0) is 18.2 Å². The summed E-state index contributed by atoms with van der Waals surface area (Å²) in [5.41, 5.74) is 0.521. The molecule has 1 aromatic carbocycles. The largest absolute Gasteiger partial charge is 0.338 e. The van der Waals surface area contributed by atoms with Gasteiger partial charge in [-0.15, -0.1) is 11.8 Å². The molecule has 1 unspecified atom stereocenters. The summed E-state index contributed by atoms with van der Waals surface area (Å²) in [6, 6.07) is 4.80. The number of hydrogen-bond acceptors (Lipinski definition) is 4. The van der Waals surface area contributed by atoms with Crippen LogP contribution in [0.25, 0.3) is 0 Å². The first kappa shape index (κ1) is 16.9. The number of rotatable bonds is 2. The maximum atomic E-state index is 12.5. The van der Waals surface area contributed by atoms with E-state index in [1.165, 1.54) is 0 Å². The molecule has 0 bridgehead atoms. The van der Waals surface area contributed by atoms with E-state index in [4.69, 9.17) is 23.2 Å². The minimum absolute atomic E-state index is 0.0785. The van der Waals surface area contributed by atoms with Gasteiger partial charge in [-0.2, -0.15) is 0 Å². The first-order valence-electron chi connectivity index (χ1n) is 7.40. The van der Waals surface area contributed by atoms with Gasteiger partial charge < -0.3 is 9.80 Å². The number of carbonyl (C=O) groups is 2. The molecule has 2 amide bonds. The van der Waals surface area contributed by atoms with E-state index < -0.39 is 0 Å². The fraction of sp³-hybridized carbons (Fsp3) is 0.467. The molecule has 124 valence electrons. The minimum Gasteiger partial charge on any atom is -0.338 e. The van der Waals surface area contributed by atoms with E-state index in [2.05, 4.69) is 5.32 Å². The van der Waals surface area contributed by atoms with E-state index in [0.717, 1.165) is 11.6 Å². The third kappa shape index (κ3) is 3.76. The summed E-state index contributed by atoms with van der Waals surface area (Å²) in [6.45, 7) is 2.19. The number of benzene rings is 1. The predicted octanol–water partition coefficient (Wildman–Crippen LogP) is 1.94. The zero-order valence-corrected chi connectivity index (χ0v) is 14.8. The van der Waals surface area contributed by atoms with Crippen molar-refractivity contribution >= 4 is 46.8 Å². The fourth-order valence-electron chi connectivity index (χ4n) is 2.72. The lowest BCUT2D eigenvalue weighted by Crippen LogP contribution is -2.54. The fourth-order valence-corrected chi connectivity index (χ4v) is 3.95. The van der Waals surface area contributed by atoms with Gasteiger partial charge in [0.2, 0.25) is 5.91 Å². The molecular formula is C15H17Cl2N3O2S. The van der Waals surface area contributed by atoms with Gasteiger partial charge in [0.15, 0.2) is 0 Å². The Morgan fingerprint density at radius 3 is 2.39 bits per heavy atom. The van der Waals surface area contributed by atoms with Crippen LogP contribution in [-0.2, 0) is 4.79 Å². The smallest absolute Gasteiger partial charge is 0.254 e. The van der Waals surface area contributed by atoms with Gasteiger partial charge in [0.25, 0.3) is 5.91 Å². The van der Waals surface area contributed by atoms with E-state index in [-0.39, 0.29) is 17.9 Å². The van der Waals surface area contributed by atoms with Crippen molar-refractivity contribution in [3.63, 3.8) is 0 Å². The second kappa shape index (κ2) is 7.30. The highest BCUT2D eigenvalue weighted by molar-refractivity contribution is 7.99. The normalized spacial score (nSPS) is 21.6. The van der Waals surface area contributed by atoms with Crippen LogP contribution in [0.1, 0.15) is 10.4 Å². The molecule has 5 nitrogen and oxygen atoms in total. The van der Waals surface area contributed by atoms with Gasteiger partial charge in [-0.1, -0.05) is 23.2 Å². The third-order valence-corrected chi connectivity index (χ3v) is 5.74. The monoisotopic (exact) mass is 373 g/mol. The molecule has 0 aromatic heterocycles. The molecule has 1 atom stereocenters. The zero-order chi connectivity index (χ0) is 16.4. The molecule has 0 spiro atoms. The van der Waals surface area contributed by atoms with Gasteiger partial charge in [-0.25, -0.2) is 0 Å². The van der Waals surface area contributed by atoms with Crippen LogP contribution >= 0.6 is 35.0 Å². The van der Waals surface area contributed by atoms with Crippen LogP contribution in [0.5, 0.6) is 0 Å². The molecule has 8 heteroatoms. The number of hydrogen-bond donors (Lipinski definition) is 1. The highest BCUT2D eigenvalue weighted by atomic mass is 35.5. The Balaban J connectivity index is 1.58. The lowest BCUT2D eigenvalue weighted by molar-refractivity contribution is -0.134. The number of thioether (sulfide) groups is 1. The summed E-state index contributed by atoms with van der Waals surface area (Å²) in [5.74, 6) is 1.70. The lowest BCUT2D eigenvalue weighted by Gasteiger charge is -2.36. The van der Waals surface area contributed by atoms with Crippen LogP contribution in [0.4, 0.5) is 0 Å². The SMILES string of the molecule is O=C(c1ccc(Cl)c(Cl)c1)N1CCN(C(=O)C2CSCN2)CC1. The summed E-state index contributed by atoms with van der Waals surface area (Å²) in [7, 11) is 0. The second-order valence-electron chi connectivity index (χ2n) is 5.52. The van der Waals surface area contributed by atoms with Crippen molar-refractivity contribution in [2.45, 2.75) is 6.04 Å². The molecule has 1 N–H and O–H groups in total. The first-order valence-corrected chi connectivity index (χ1v) is 9.31. The van der Waals surface area contributed by atoms with Crippen LogP contribution < -0.4 is 5.32 Å².